The van der Waals surface area contributed by atoms with E-state index in [1.54, 1.807) is 37.4 Å². The molecule has 0 bridgehead atoms. The second-order valence-electron chi connectivity index (χ2n) is 4.06. The molecule has 6 heteroatoms. The number of aliphatic carboxylic acids is 1. The van der Waals surface area contributed by atoms with Crippen LogP contribution < -0.4 is 5.32 Å². The minimum Gasteiger partial charge on any atom is -0.479 e. The molecule has 0 aliphatic heterocycles. The van der Waals surface area contributed by atoms with Crippen molar-refractivity contribution in [2.24, 2.45) is 7.05 Å². The fourth-order valence-electron chi connectivity index (χ4n) is 1.69. The van der Waals surface area contributed by atoms with Crippen molar-refractivity contribution >= 4 is 11.9 Å². The van der Waals surface area contributed by atoms with E-state index in [4.69, 9.17) is 0 Å². The number of rotatable bonds is 4. The quantitative estimate of drug-likeness (QED) is 0.857. The van der Waals surface area contributed by atoms with Crippen molar-refractivity contribution in [3.8, 4) is 0 Å². The lowest BCUT2D eigenvalue weighted by Crippen LogP contribution is -2.33. The maximum atomic E-state index is 11.9. The molecule has 1 amide bonds. The van der Waals surface area contributed by atoms with Gasteiger partial charge in [-0.3, -0.25) is 9.48 Å². The van der Waals surface area contributed by atoms with Crippen molar-refractivity contribution in [2.75, 3.05) is 0 Å². The first-order chi connectivity index (χ1) is 9.08. The molecular weight excluding hydrogens is 246 g/mol. The van der Waals surface area contributed by atoms with Crippen LogP contribution in [0.5, 0.6) is 0 Å². The number of hydrogen-bond acceptors (Lipinski definition) is 3. The summed E-state index contributed by atoms with van der Waals surface area (Å²) < 4.78 is 1.48. The Morgan fingerprint density at radius 2 is 2.00 bits per heavy atom. The van der Waals surface area contributed by atoms with Gasteiger partial charge in [-0.2, -0.15) is 5.10 Å². The van der Waals surface area contributed by atoms with Crippen molar-refractivity contribution < 1.29 is 14.7 Å². The molecule has 0 fully saturated rings. The highest BCUT2D eigenvalue weighted by Crippen LogP contribution is 2.13. The summed E-state index contributed by atoms with van der Waals surface area (Å²) in [5.41, 5.74) is 0.844. The largest absolute Gasteiger partial charge is 0.479 e. The lowest BCUT2D eigenvalue weighted by molar-refractivity contribution is -0.139. The number of carbonyl (C=O) groups excluding carboxylic acids is 1. The van der Waals surface area contributed by atoms with Gasteiger partial charge < -0.3 is 10.4 Å². The fraction of sp³-hybridized carbons (Fsp3) is 0.154. The monoisotopic (exact) mass is 259 g/mol. The minimum atomic E-state index is -1.11. The zero-order valence-corrected chi connectivity index (χ0v) is 10.3. The van der Waals surface area contributed by atoms with Gasteiger partial charge in [0.25, 0.3) is 5.91 Å². The molecule has 0 aliphatic rings. The van der Waals surface area contributed by atoms with Gasteiger partial charge in [0.2, 0.25) is 0 Å². The molecule has 2 rings (SSSR count). The molecule has 0 radical (unpaired) electrons. The summed E-state index contributed by atoms with van der Waals surface area (Å²) in [6.07, 6.45) is 2.92. The Hall–Kier alpha value is -2.63. The van der Waals surface area contributed by atoms with E-state index >= 15 is 0 Å². The standard InChI is InChI=1S/C13H13N3O3/c1-16-8-10(7-14-16)12(17)15-11(13(18)19)9-5-3-2-4-6-9/h2-8,11H,1H3,(H,15,17)(H,18,19). The lowest BCUT2D eigenvalue weighted by atomic mass is 10.1. The number of aromatic nitrogens is 2. The number of nitrogens with one attached hydrogen (secondary N) is 1. The van der Waals surface area contributed by atoms with Crippen LogP contribution in [0.1, 0.15) is 22.0 Å². The van der Waals surface area contributed by atoms with E-state index in [1.165, 1.54) is 17.1 Å². The summed E-state index contributed by atoms with van der Waals surface area (Å²) in [6, 6.07) is 7.47. The van der Waals surface area contributed by atoms with Gasteiger partial charge >= 0.3 is 5.97 Å². The second-order valence-corrected chi connectivity index (χ2v) is 4.06. The fourth-order valence-corrected chi connectivity index (χ4v) is 1.69. The number of hydrogen-bond donors (Lipinski definition) is 2. The summed E-state index contributed by atoms with van der Waals surface area (Å²) in [6.45, 7) is 0. The second kappa shape index (κ2) is 5.34. The Labute approximate surface area is 109 Å². The zero-order valence-electron chi connectivity index (χ0n) is 10.3. The highest BCUT2D eigenvalue weighted by atomic mass is 16.4. The minimum absolute atomic E-state index is 0.324. The first kappa shape index (κ1) is 12.8. The number of aryl methyl sites for hydroxylation is 1. The molecule has 1 aromatic heterocycles. The number of carboxylic acids is 1. The molecule has 0 aliphatic carbocycles. The Balaban J connectivity index is 2.18. The van der Waals surface area contributed by atoms with E-state index in [2.05, 4.69) is 10.4 Å². The van der Waals surface area contributed by atoms with E-state index < -0.39 is 17.9 Å². The van der Waals surface area contributed by atoms with Crippen LogP contribution in [0, 0.1) is 0 Å². The first-order valence-corrected chi connectivity index (χ1v) is 5.65. The maximum Gasteiger partial charge on any atom is 0.330 e. The number of nitrogens with zero attached hydrogens (tertiary/aromatic N) is 2. The van der Waals surface area contributed by atoms with Crippen LogP contribution in [-0.2, 0) is 11.8 Å². The van der Waals surface area contributed by atoms with Gasteiger partial charge in [-0.1, -0.05) is 30.3 Å². The average molecular weight is 259 g/mol. The zero-order chi connectivity index (χ0) is 13.8. The van der Waals surface area contributed by atoms with E-state index in [9.17, 15) is 14.7 Å². The molecule has 1 unspecified atom stereocenters. The molecule has 1 atom stereocenters. The molecule has 1 aromatic carbocycles. The van der Waals surface area contributed by atoms with Gasteiger partial charge in [0, 0.05) is 13.2 Å². The third-order valence-electron chi connectivity index (χ3n) is 2.62. The SMILES string of the molecule is Cn1cc(C(=O)NC(C(=O)O)c2ccccc2)cn1. The average Bonchev–Trinajstić information content (AvgIpc) is 2.83. The van der Waals surface area contributed by atoms with Crippen LogP contribution in [0.25, 0.3) is 0 Å². The van der Waals surface area contributed by atoms with Gasteiger partial charge in [-0.25, -0.2) is 4.79 Å². The molecule has 6 nitrogen and oxygen atoms in total. The van der Waals surface area contributed by atoms with E-state index in [0.29, 0.717) is 11.1 Å². The normalized spacial score (nSPS) is 11.8. The third-order valence-corrected chi connectivity index (χ3v) is 2.62. The molecule has 98 valence electrons. The number of carboxylic acid groups (broad SMARTS) is 1. The van der Waals surface area contributed by atoms with Gasteiger partial charge in [0.05, 0.1) is 11.8 Å². The van der Waals surface area contributed by atoms with Crippen molar-refractivity contribution in [2.45, 2.75) is 6.04 Å². The summed E-state index contributed by atoms with van der Waals surface area (Å²) >= 11 is 0. The van der Waals surface area contributed by atoms with E-state index in [0.717, 1.165) is 0 Å². The Bertz CT molecular complexity index is 592. The number of benzene rings is 1. The van der Waals surface area contributed by atoms with E-state index in [-0.39, 0.29) is 0 Å². The van der Waals surface area contributed by atoms with Crippen molar-refractivity contribution in [3.05, 3.63) is 53.9 Å². The summed E-state index contributed by atoms with van der Waals surface area (Å²) in [5.74, 6) is -1.58. The number of amides is 1. The Morgan fingerprint density at radius 3 is 2.53 bits per heavy atom. The Kier molecular flexibility index (Phi) is 3.61. The Morgan fingerprint density at radius 1 is 1.32 bits per heavy atom. The molecule has 0 spiro atoms. The predicted molar refractivity (Wildman–Crippen MR) is 67.5 cm³/mol. The van der Waals surface area contributed by atoms with E-state index in [1.807, 2.05) is 0 Å². The van der Waals surface area contributed by atoms with Crippen LogP contribution in [0.4, 0.5) is 0 Å². The lowest BCUT2D eigenvalue weighted by Gasteiger charge is -2.14. The first-order valence-electron chi connectivity index (χ1n) is 5.65. The van der Waals surface area contributed by atoms with Crippen molar-refractivity contribution in [1.29, 1.82) is 0 Å². The smallest absolute Gasteiger partial charge is 0.330 e. The molecule has 1 heterocycles. The molecule has 0 saturated carbocycles. The van der Waals surface area contributed by atoms with Crippen molar-refractivity contribution in [3.63, 3.8) is 0 Å². The molecule has 19 heavy (non-hydrogen) atoms. The topological polar surface area (TPSA) is 84.2 Å². The molecule has 2 aromatic rings. The van der Waals surface area contributed by atoms with Crippen LogP contribution >= 0.6 is 0 Å². The number of carbonyl (C=O) groups is 2. The summed E-state index contributed by atoms with van der Waals surface area (Å²) in [5, 5.41) is 15.5. The van der Waals surface area contributed by atoms with Gasteiger partial charge in [-0.05, 0) is 5.56 Å². The predicted octanol–water partition coefficient (Wildman–Crippen LogP) is 0.976. The van der Waals surface area contributed by atoms with Crippen LogP contribution in [0.3, 0.4) is 0 Å². The van der Waals surface area contributed by atoms with Gasteiger partial charge in [-0.15, -0.1) is 0 Å². The van der Waals surface area contributed by atoms with Crippen LogP contribution in [-0.4, -0.2) is 26.8 Å². The summed E-state index contributed by atoms with van der Waals surface area (Å²) in [4.78, 5) is 23.2. The van der Waals surface area contributed by atoms with Crippen LogP contribution in [0.2, 0.25) is 0 Å². The van der Waals surface area contributed by atoms with Crippen molar-refractivity contribution in [1.82, 2.24) is 15.1 Å². The van der Waals surface area contributed by atoms with Gasteiger partial charge in [0.1, 0.15) is 0 Å². The van der Waals surface area contributed by atoms with Gasteiger partial charge in [0.15, 0.2) is 6.04 Å². The summed E-state index contributed by atoms with van der Waals surface area (Å²) in [7, 11) is 1.68. The highest BCUT2D eigenvalue weighted by Gasteiger charge is 2.22. The molecular formula is C13H13N3O3. The third kappa shape index (κ3) is 2.98. The molecule has 0 saturated heterocycles. The maximum absolute atomic E-state index is 11.9. The molecule has 2 N–H and O–H groups in total. The van der Waals surface area contributed by atoms with Crippen LogP contribution in [0.15, 0.2) is 42.7 Å². The highest BCUT2D eigenvalue weighted by molar-refractivity contribution is 5.96.